The molecule has 0 aromatic carbocycles. The number of rotatable bonds is 4. The first-order chi connectivity index (χ1) is 7.29. The van der Waals surface area contributed by atoms with Gasteiger partial charge in [-0.2, -0.15) is 0 Å². The molecule has 0 atom stereocenters. The Balaban J connectivity index is 2.07. The quantitative estimate of drug-likeness (QED) is 0.592. The lowest BCUT2D eigenvalue weighted by Gasteiger charge is -2.28. The van der Waals surface area contributed by atoms with Crippen LogP contribution in [0.4, 0.5) is 8.78 Å². The summed E-state index contributed by atoms with van der Waals surface area (Å²) in [6.07, 6.45) is 2.58. The summed E-state index contributed by atoms with van der Waals surface area (Å²) in [7, 11) is 0. The Bertz CT molecular complexity index is 204. The zero-order chi connectivity index (χ0) is 12.2. The molecule has 0 spiro atoms. The molecule has 0 amide bonds. The van der Waals surface area contributed by atoms with E-state index >= 15 is 0 Å². The number of hydrogen-bond donors (Lipinski definition) is 1. The van der Waals surface area contributed by atoms with Crippen LogP contribution < -0.4 is 4.72 Å². The van der Waals surface area contributed by atoms with Crippen molar-refractivity contribution in [2.45, 2.75) is 63.5 Å². The van der Waals surface area contributed by atoms with Gasteiger partial charge in [-0.05, 0) is 46.0 Å². The Labute approximate surface area is 102 Å². The van der Waals surface area contributed by atoms with Crippen LogP contribution in [-0.2, 0) is 0 Å². The maximum absolute atomic E-state index is 12.9. The van der Waals surface area contributed by atoms with Crippen molar-refractivity contribution in [2.75, 3.05) is 6.54 Å². The number of alkyl halides is 2. The minimum absolute atomic E-state index is 0.0874. The summed E-state index contributed by atoms with van der Waals surface area (Å²) in [5.41, 5.74) is 0. The molecular formula is C12H23F2NS. The van der Waals surface area contributed by atoms with Gasteiger partial charge in [0.2, 0.25) is 5.92 Å². The van der Waals surface area contributed by atoms with Crippen LogP contribution in [0.5, 0.6) is 0 Å². The zero-order valence-electron chi connectivity index (χ0n) is 10.5. The topological polar surface area (TPSA) is 12.0 Å². The summed E-state index contributed by atoms with van der Waals surface area (Å²) in [6.45, 7) is 7.40. The van der Waals surface area contributed by atoms with Gasteiger partial charge < -0.3 is 0 Å². The van der Waals surface area contributed by atoms with Gasteiger partial charge in [-0.3, -0.25) is 4.72 Å². The fraction of sp³-hybridized carbons (Fsp3) is 1.00. The summed E-state index contributed by atoms with van der Waals surface area (Å²) in [5, 5.41) is 0. The molecule has 1 aliphatic rings. The number of hydrogen-bond acceptors (Lipinski definition) is 2. The van der Waals surface area contributed by atoms with E-state index < -0.39 is 5.92 Å². The standard InChI is InChI=1S/C12H23F2NS/c1-11(2,3)16-15-9-6-10-4-7-12(13,14)8-5-10/h10,15H,4-9H2,1-3H3. The van der Waals surface area contributed by atoms with Crippen molar-refractivity contribution in [3.63, 3.8) is 0 Å². The van der Waals surface area contributed by atoms with E-state index in [-0.39, 0.29) is 17.6 Å². The fourth-order valence-corrected chi connectivity index (χ4v) is 2.57. The van der Waals surface area contributed by atoms with Gasteiger partial charge in [0, 0.05) is 24.1 Å². The first kappa shape index (κ1) is 14.2. The smallest absolute Gasteiger partial charge is 0.248 e. The molecule has 1 rings (SSSR count). The molecule has 0 aromatic rings. The maximum atomic E-state index is 12.9. The second kappa shape index (κ2) is 5.67. The predicted molar refractivity (Wildman–Crippen MR) is 66.9 cm³/mol. The molecule has 1 nitrogen and oxygen atoms in total. The van der Waals surface area contributed by atoms with E-state index in [1.807, 2.05) is 0 Å². The summed E-state index contributed by atoms with van der Waals surface area (Å²) < 4.78 is 29.3. The first-order valence-electron chi connectivity index (χ1n) is 6.07. The van der Waals surface area contributed by atoms with Gasteiger partial charge in [-0.25, -0.2) is 8.78 Å². The first-order valence-corrected chi connectivity index (χ1v) is 6.89. The molecule has 0 saturated heterocycles. The zero-order valence-corrected chi connectivity index (χ0v) is 11.3. The Morgan fingerprint density at radius 1 is 1.25 bits per heavy atom. The van der Waals surface area contributed by atoms with Gasteiger partial charge in [0.05, 0.1) is 0 Å². The van der Waals surface area contributed by atoms with Gasteiger partial charge in [-0.15, -0.1) is 0 Å². The van der Waals surface area contributed by atoms with Crippen LogP contribution in [0, 0.1) is 5.92 Å². The largest absolute Gasteiger partial charge is 0.264 e. The predicted octanol–water partition coefficient (Wildman–Crippen LogP) is 4.24. The lowest BCUT2D eigenvalue weighted by atomic mass is 9.85. The van der Waals surface area contributed by atoms with E-state index in [1.54, 1.807) is 11.9 Å². The highest BCUT2D eigenvalue weighted by Gasteiger charge is 2.34. The Morgan fingerprint density at radius 2 is 1.81 bits per heavy atom. The normalized spacial score (nSPS) is 22.3. The number of halogens is 2. The van der Waals surface area contributed by atoms with Crippen LogP contribution in [0.3, 0.4) is 0 Å². The average molecular weight is 251 g/mol. The Hall–Kier alpha value is 0.170. The van der Waals surface area contributed by atoms with Crippen LogP contribution in [0.15, 0.2) is 0 Å². The molecule has 1 saturated carbocycles. The van der Waals surface area contributed by atoms with Crippen molar-refractivity contribution in [3.8, 4) is 0 Å². The molecule has 0 aromatic heterocycles. The maximum Gasteiger partial charge on any atom is 0.248 e. The Kier molecular flexibility index (Phi) is 5.05. The second-order valence-electron chi connectivity index (χ2n) is 5.70. The van der Waals surface area contributed by atoms with Gasteiger partial charge in [-0.1, -0.05) is 11.9 Å². The molecule has 4 heteroatoms. The van der Waals surface area contributed by atoms with E-state index in [1.165, 1.54) is 0 Å². The summed E-state index contributed by atoms with van der Waals surface area (Å²) in [5.74, 6) is -1.89. The van der Waals surface area contributed by atoms with Crippen LogP contribution in [0.25, 0.3) is 0 Å². The van der Waals surface area contributed by atoms with Crippen LogP contribution in [0.1, 0.15) is 52.9 Å². The summed E-state index contributed by atoms with van der Waals surface area (Å²) in [6, 6.07) is 0. The van der Waals surface area contributed by atoms with Gasteiger partial charge in [0.25, 0.3) is 0 Å². The highest BCUT2D eigenvalue weighted by atomic mass is 32.2. The number of nitrogens with one attached hydrogen (secondary N) is 1. The second-order valence-corrected chi connectivity index (χ2v) is 7.41. The molecule has 96 valence electrons. The third-order valence-electron chi connectivity index (χ3n) is 2.87. The van der Waals surface area contributed by atoms with E-state index in [0.29, 0.717) is 18.8 Å². The van der Waals surface area contributed by atoms with E-state index in [4.69, 9.17) is 0 Å². The lowest BCUT2D eigenvalue weighted by molar-refractivity contribution is -0.0463. The van der Waals surface area contributed by atoms with Crippen molar-refractivity contribution in [3.05, 3.63) is 0 Å². The minimum atomic E-state index is -2.38. The van der Waals surface area contributed by atoms with Crippen molar-refractivity contribution >= 4 is 11.9 Å². The fourth-order valence-electron chi connectivity index (χ4n) is 1.92. The van der Waals surface area contributed by atoms with Crippen molar-refractivity contribution in [2.24, 2.45) is 5.92 Å². The third-order valence-corrected chi connectivity index (χ3v) is 3.83. The van der Waals surface area contributed by atoms with Crippen molar-refractivity contribution in [1.29, 1.82) is 0 Å². The monoisotopic (exact) mass is 251 g/mol. The molecule has 0 aliphatic heterocycles. The Morgan fingerprint density at radius 3 is 2.31 bits per heavy atom. The minimum Gasteiger partial charge on any atom is -0.264 e. The van der Waals surface area contributed by atoms with Crippen molar-refractivity contribution < 1.29 is 8.78 Å². The van der Waals surface area contributed by atoms with Crippen LogP contribution in [-0.4, -0.2) is 17.2 Å². The molecule has 1 N–H and O–H groups in total. The van der Waals surface area contributed by atoms with Gasteiger partial charge in [0.1, 0.15) is 0 Å². The highest BCUT2D eigenvalue weighted by Crippen LogP contribution is 2.37. The molecule has 1 aliphatic carbocycles. The molecular weight excluding hydrogens is 228 g/mol. The van der Waals surface area contributed by atoms with E-state index in [9.17, 15) is 8.78 Å². The third kappa shape index (κ3) is 6.04. The van der Waals surface area contributed by atoms with Crippen molar-refractivity contribution in [1.82, 2.24) is 4.72 Å². The lowest BCUT2D eigenvalue weighted by Crippen LogP contribution is -2.26. The molecule has 0 bridgehead atoms. The van der Waals surface area contributed by atoms with Gasteiger partial charge >= 0.3 is 0 Å². The average Bonchev–Trinajstić information content (AvgIpc) is 2.13. The molecule has 0 radical (unpaired) electrons. The van der Waals surface area contributed by atoms with Crippen LogP contribution in [0.2, 0.25) is 0 Å². The van der Waals surface area contributed by atoms with Crippen LogP contribution >= 0.6 is 11.9 Å². The van der Waals surface area contributed by atoms with Gasteiger partial charge in [0.15, 0.2) is 0 Å². The summed E-state index contributed by atoms with van der Waals surface area (Å²) >= 11 is 1.72. The van der Waals surface area contributed by atoms with E-state index in [2.05, 4.69) is 25.5 Å². The molecule has 0 heterocycles. The highest BCUT2D eigenvalue weighted by molar-refractivity contribution is 7.98. The van der Waals surface area contributed by atoms with E-state index in [0.717, 1.165) is 13.0 Å². The SMILES string of the molecule is CC(C)(C)SNCCC1CCC(F)(F)CC1. The molecule has 1 fully saturated rings. The summed E-state index contributed by atoms with van der Waals surface area (Å²) in [4.78, 5) is 0. The molecule has 16 heavy (non-hydrogen) atoms. The molecule has 0 unspecified atom stereocenters.